The average Bonchev–Trinajstić information content (AvgIpc) is 2.63. The van der Waals surface area contributed by atoms with Gasteiger partial charge in [0, 0.05) is 25.4 Å². The van der Waals surface area contributed by atoms with Crippen molar-refractivity contribution >= 4 is 15.7 Å². The summed E-state index contributed by atoms with van der Waals surface area (Å²) in [7, 11) is -3.22. The third kappa shape index (κ3) is 6.45. The number of carbonyl (C=O) groups excluding carboxylic acids is 1. The van der Waals surface area contributed by atoms with E-state index in [1.807, 2.05) is 0 Å². The average molecular weight is 378 g/mol. The molecule has 1 heterocycles. The first-order chi connectivity index (χ1) is 12.4. The van der Waals surface area contributed by atoms with Gasteiger partial charge in [-0.2, -0.15) is 0 Å². The van der Waals surface area contributed by atoms with Crippen LogP contribution in [0.1, 0.15) is 24.6 Å². The lowest BCUT2D eigenvalue weighted by molar-refractivity contribution is -0.121. The minimum Gasteiger partial charge on any atom is -0.494 e. The van der Waals surface area contributed by atoms with Crippen molar-refractivity contribution < 1.29 is 23.1 Å². The summed E-state index contributed by atoms with van der Waals surface area (Å²) in [5, 5.41) is 12.6. The number of hydrogen-bond acceptors (Lipinski definition) is 6. The number of aromatic nitrogens is 1. The van der Waals surface area contributed by atoms with Crippen molar-refractivity contribution in [2.75, 3.05) is 19.4 Å². The van der Waals surface area contributed by atoms with Crippen LogP contribution >= 0.6 is 0 Å². The third-order valence-corrected chi connectivity index (χ3v) is 4.72. The number of nitrogens with zero attached hydrogens (tertiary/aromatic N) is 1. The Hall–Kier alpha value is -2.45. The quantitative estimate of drug-likeness (QED) is 0.641. The van der Waals surface area contributed by atoms with E-state index in [0.717, 1.165) is 6.26 Å². The SMILES string of the molecule is CS(=O)(=O)c1ccc(OCCCC(=O)NC[C@@H](O)c2ccccn2)cc1. The summed E-state index contributed by atoms with van der Waals surface area (Å²) in [5.74, 6) is 0.361. The Labute approximate surface area is 153 Å². The second-order valence-corrected chi connectivity index (χ2v) is 7.79. The van der Waals surface area contributed by atoms with Crippen LogP contribution < -0.4 is 10.1 Å². The Morgan fingerprint density at radius 1 is 1.23 bits per heavy atom. The van der Waals surface area contributed by atoms with Crippen LogP contribution in [0.5, 0.6) is 5.75 Å². The molecule has 0 bridgehead atoms. The second-order valence-electron chi connectivity index (χ2n) is 5.77. The van der Waals surface area contributed by atoms with Gasteiger partial charge in [0.25, 0.3) is 0 Å². The van der Waals surface area contributed by atoms with E-state index in [4.69, 9.17) is 4.74 Å². The number of amides is 1. The molecule has 0 radical (unpaired) electrons. The van der Waals surface area contributed by atoms with Gasteiger partial charge in [0.05, 0.1) is 17.2 Å². The summed E-state index contributed by atoms with van der Waals surface area (Å²) in [6.45, 7) is 0.429. The minimum atomic E-state index is -3.22. The highest BCUT2D eigenvalue weighted by atomic mass is 32.2. The zero-order chi connectivity index (χ0) is 19.0. The second kappa shape index (κ2) is 9.30. The van der Waals surface area contributed by atoms with Gasteiger partial charge in [0.2, 0.25) is 5.91 Å². The Morgan fingerprint density at radius 3 is 2.58 bits per heavy atom. The van der Waals surface area contributed by atoms with E-state index >= 15 is 0 Å². The van der Waals surface area contributed by atoms with Crippen LogP contribution in [0.2, 0.25) is 0 Å². The van der Waals surface area contributed by atoms with Crippen LogP contribution in [-0.2, 0) is 14.6 Å². The predicted octanol–water partition coefficient (Wildman–Crippen LogP) is 1.49. The van der Waals surface area contributed by atoms with Crippen molar-refractivity contribution in [3.8, 4) is 5.75 Å². The van der Waals surface area contributed by atoms with Crippen LogP contribution in [0.4, 0.5) is 0 Å². The smallest absolute Gasteiger partial charge is 0.220 e. The first-order valence-electron chi connectivity index (χ1n) is 8.15. The molecule has 1 aromatic heterocycles. The molecule has 8 heteroatoms. The monoisotopic (exact) mass is 378 g/mol. The number of benzene rings is 1. The van der Waals surface area contributed by atoms with Gasteiger partial charge in [-0.3, -0.25) is 9.78 Å². The predicted molar refractivity (Wildman–Crippen MR) is 96.5 cm³/mol. The Bertz CT molecular complexity index is 807. The molecular weight excluding hydrogens is 356 g/mol. The minimum absolute atomic E-state index is 0.101. The van der Waals surface area contributed by atoms with Crippen LogP contribution in [0.25, 0.3) is 0 Å². The van der Waals surface area contributed by atoms with Crippen molar-refractivity contribution in [1.29, 1.82) is 0 Å². The number of rotatable bonds is 9. The molecule has 1 atom stereocenters. The normalized spacial score (nSPS) is 12.4. The van der Waals surface area contributed by atoms with Crippen LogP contribution in [0.15, 0.2) is 53.6 Å². The molecule has 0 aliphatic heterocycles. The molecule has 0 spiro atoms. The topological polar surface area (TPSA) is 106 Å². The first kappa shape index (κ1) is 19.9. The van der Waals surface area contributed by atoms with Gasteiger partial charge in [-0.1, -0.05) is 6.07 Å². The lowest BCUT2D eigenvalue weighted by Gasteiger charge is -2.11. The Balaban J connectivity index is 1.65. The molecule has 2 aromatic rings. The summed E-state index contributed by atoms with van der Waals surface area (Å²) >= 11 is 0. The Morgan fingerprint density at radius 2 is 1.96 bits per heavy atom. The molecule has 0 aliphatic carbocycles. The van der Waals surface area contributed by atoms with Gasteiger partial charge in [-0.25, -0.2) is 8.42 Å². The summed E-state index contributed by atoms with van der Waals surface area (Å²) in [4.78, 5) is 16.0. The molecular formula is C18H22N2O5S. The van der Waals surface area contributed by atoms with E-state index < -0.39 is 15.9 Å². The van der Waals surface area contributed by atoms with Gasteiger partial charge in [0.15, 0.2) is 9.84 Å². The summed E-state index contributed by atoms with van der Waals surface area (Å²) in [5.41, 5.74) is 0.508. The van der Waals surface area contributed by atoms with Crippen molar-refractivity contribution in [2.45, 2.75) is 23.8 Å². The molecule has 26 heavy (non-hydrogen) atoms. The molecule has 2 rings (SSSR count). The number of pyridine rings is 1. The zero-order valence-corrected chi connectivity index (χ0v) is 15.3. The van der Waals surface area contributed by atoms with E-state index in [1.165, 1.54) is 12.1 Å². The van der Waals surface area contributed by atoms with Gasteiger partial charge >= 0.3 is 0 Å². The number of sulfone groups is 1. The maximum absolute atomic E-state index is 11.8. The van der Waals surface area contributed by atoms with E-state index in [9.17, 15) is 18.3 Å². The van der Waals surface area contributed by atoms with Crippen LogP contribution in [0, 0.1) is 0 Å². The largest absolute Gasteiger partial charge is 0.494 e. The van der Waals surface area contributed by atoms with Gasteiger partial charge in [-0.05, 0) is 42.8 Å². The number of ether oxygens (including phenoxy) is 1. The maximum Gasteiger partial charge on any atom is 0.220 e. The van der Waals surface area contributed by atoms with Gasteiger partial charge in [-0.15, -0.1) is 0 Å². The third-order valence-electron chi connectivity index (χ3n) is 3.59. The lowest BCUT2D eigenvalue weighted by Crippen LogP contribution is -2.28. The van der Waals surface area contributed by atoms with E-state index in [0.29, 0.717) is 24.5 Å². The van der Waals surface area contributed by atoms with Crippen molar-refractivity contribution in [2.24, 2.45) is 0 Å². The first-order valence-corrected chi connectivity index (χ1v) is 10.0. The highest BCUT2D eigenvalue weighted by Crippen LogP contribution is 2.16. The van der Waals surface area contributed by atoms with Crippen molar-refractivity contribution in [1.82, 2.24) is 10.3 Å². The Kier molecular flexibility index (Phi) is 7.11. The summed E-state index contributed by atoms with van der Waals surface area (Å²) in [6.07, 6.45) is 2.65. The fraction of sp³-hybridized carbons (Fsp3) is 0.333. The number of carbonyl (C=O) groups is 1. The molecule has 0 unspecified atom stereocenters. The van der Waals surface area contributed by atoms with Gasteiger partial charge < -0.3 is 15.2 Å². The molecule has 7 nitrogen and oxygen atoms in total. The molecule has 1 amide bonds. The van der Waals surface area contributed by atoms with E-state index in [-0.39, 0.29) is 23.8 Å². The lowest BCUT2D eigenvalue weighted by atomic mass is 10.2. The number of hydrogen-bond donors (Lipinski definition) is 2. The van der Waals surface area contributed by atoms with Crippen LogP contribution in [0.3, 0.4) is 0 Å². The summed E-state index contributed by atoms with van der Waals surface area (Å²) < 4.78 is 28.2. The highest BCUT2D eigenvalue weighted by Gasteiger charge is 2.10. The fourth-order valence-corrected chi connectivity index (χ4v) is 2.81. The molecule has 0 saturated heterocycles. The van der Waals surface area contributed by atoms with Crippen molar-refractivity contribution in [3.63, 3.8) is 0 Å². The van der Waals surface area contributed by atoms with Crippen LogP contribution in [-0.4, -0.2) is 43.8 Å². The molecule has 0 aliphatic rings. The number of aliphatic hydroxyl groups excluding tert-OH is 1. The standard InChI is InChI=1S/C18H22N2O5S/c1-26(23,24)15-9-7-14(8-10-15)25-12-4-6-18(22)20-13-17(21)16-5-2-3-11-19-16/h2-3,5,7-11,17,21H,4,6,12-13H2,1H3,(H,20,22)/t17-/m1/s1. The number of nitrogens with one attached hydrogen (secondary N) is 1. The summed E-state index contributed by atoms with van der Waals surface area (Å²) in [6, 6.07) is 11.3. The molecule has 0 fully saturated rings. The van der Waals surface area contributed by atoms with Crippen molar-refractivity contribution in [3.05, 3.63) is 54.4 Å². The fourth-order valence-electron chi connectivity index (χ4n) is 2.18. The number of aliphatic hydroxyl groups is 1. The highest BCUT2D eigenvalue weighted by molar-refractivity contribution is 7.90. The van der Waals surface area contributed by atoms with Gasteiger partial charge in [0.1, 0.15) is 11.9 Å². The maximum atomic E-state index is 11.8. The zero-order valence-electron chi connectivity index (χ0n) is 14.5. The molecule has 2 N–H and O–H groups in total. The van der Waals surface area contributed by atoms with E-state index in [1.54, 1.807) is 36.5 Å². The molecule has 0 saturated carbocycles. The van der Waals surface area contributed by atoms with E-state index in [2.05, 4.69) is 10.3 Å². The molecule has 140 valence electrons. The molecule has 1 aromatic carbocycles.